The molecule has 0 radical (unpaired) electrons. The summed E-state index contributed by atoms with van der Waals surface area (Å²) in [6, 6.07) is 31.0. The highest BCUT2D eigenvalue weighted by Crippen LogP contribution is 2.59. The molecule has 0 aromatic heterocycles. The van der Waals surface area contributed by atoms with E-state index in [0.717, 1.165) is 45.1 Å². The van der Waals surface area contributed by atoms with Gasteiger partial charge in [-0.05, 0) is 60.3 Å². The molecule has 7 rings (SSSR count). The van der Waals surface area contributed by atoms with Crippen LogP contribution in [-0.4, -0.2) is 36.1 Å². The highest BCUT2D eigenvalue weighted by atomic mass is 16.5. The molecule has 4 aliphatic rings. The van der Waals surface area contributed by atoms with Gasteiger partial charge in [-0.25, -0.2) is 0 Å². The molecule has 2 aliphatic carbocycles. The molecule has 186 valence electrons. The lowest BCUT2D eigenvalue weighted by Gasteiger charge is -2.65. The molecule has 2 aliphatic heterocycles. The third kappa shape index (κ3) is 4.08. The van der Waals surface area contributed by atoms with Gasteiger partial charge in [-0.3, -0.25) is 9.69 Å². The minimum absolute atomic E-state index is 0.0163. The van der Waals surface area contributed by atoms with E-state index >= 15 is 0 Å². The molecule has 2 heterocycles. The van der Waals surface area contributed by atoms with Crippen LogP contribution in [-0.2, 0) is 34.2 Å². The average Bonchev–Trinajstić information content (AvgIpc) is 2.93. The predicted octanol–water partition coefficient (Wildman–Crippen LogP) is 6.00. The molecule has 3 heteroatoms. The number of ether oxygens (including phenoxy) is 1. The molecule has 2 saturated heterocycles. The van der Waals surface area contributed by atoms with Gasteiger partial charge in [-0.15, -0.1) is 0 Å². The van der Waals surface area contributed by atoms with Crippen molar-refractivity contribution in [1.82, 2.24) is 4.90 Å². The number of esters is 1. The van der Waals surface area contributed by atoms with Crippen LogP contribution >= 0.6 is 0 Å². The number of carbonyl (C=O) groups excluding carboxylic acids is 1. The third-order valence-corrected chi connectivity index (χ3v) is 9.47. The summed E-state index contributed by atoms with van der Waals surface area (Å²) in [5.74, 6) is 0.496. The van der Waals surface area contributed by atoms with Gasteiger partial charge in [-0.2, -0.15) is 0 Å². The highest BCUT2D eigenvalue weighted by Gasteiger charge is 2.62. The van der Waals surface area contributed by atoms with Gasteiger partial charge in [0, 0.05) is 30.5 Å². The van der Waals surface area contributed by atoms with E-state index < -0.39 is 0 Å². The number of rotatable bonds is 8. The van der Waals surface area contributed by atoms with E-state index in [1.165, 1.54) is 16.7 Å². The number of carbonyl (C=O) groups is 1. The van der Waals surface area contributed by atoms with Crippen molar-refractivity contribution < 1.29 is 9.53 Å². The Morgan fingerprint density at radius 1 is 0.889 bits per heavy atom. The number of piperidine rings is 2. The molecule has 3 unspecified atom stereocenters. The predicted molar refractivity (Wildman–Crippen MR) is 144 cm³/mol. The molecule has 3 fully saturated rings. The zero-order valence-corrected chi connectivity index (χ0v) is 21.3. The van der Waals surface area contributed by atoms with Gasteiger partial charge < -0.3 is 4.74 Å². The summed E-state index contributed by atoms with van der Waals surface area (Å²) in [5.41, 5.74) is 5.86. The van der Waals surface area contributed by atoms with Gasteiger partial charge in [0.2, 0.25) is 0 Å². The fourth-order valence-corrected chi connectivity index (χ4v) is 7.76. The Balaban J connectivity index is 1.25. The van der Waals surface area contributed by atoms with Gasteiger partial charge in [-0.1, -0.05) is 91.9 Å². The smallest absolute Gasteiger partial charge is 0.310 e. The van der Waals surface area contributed by atoms with E-state index in [1.807, 2.05) is 18.2 Å². The lowest BCUT2D eigenvalue weighted by Crippen LogP contribution is -2.70. The number of hydrogen-bond donors (Lipinski definition) is 0. The van der Waals surface area contributed by atoms with Crippen LogP contribution in [0, 0.1) is 11.8 Å². The fraction of sp³-hybridized carbons (Fsp3) is 0.424. The molecule has 5 atom stereocenters. The molecule has 0 N–H and O–H groups in total. The number of hydrogen-bond acceptors (Lipinski definition) is 3. The Hall–Kier alpha value is -2.91. The monoisotopic (exact) mass is 479 g/mol. The first-order valence-corrected chi connectivity index (χ1v) is 13.8. The summed E-state index contributed by atoms with van der Waals surface area (Å²) in [5, 5.41) is 0. The van der Waals surface area contributed by atoms with Crippen molar-refractivity contribution >= 4 is 5.97 Å². The van der Waals surface area contributed by atoms with Gasteiger partial charge >= 0.3 is 5.97 Å². The van der Waals surface area contributed by atoms with Crippen LogP contribution in [0.2, 0.25) is 0 Å². The summed E-state index contributed by atoms with van der Waals surface area (Å²) in [7, 11) is 0. The van der Waals surface area contributed by atoms with Gasteiger partial charge in [0.25, 0.3) is 0 Å². The Bertz CT molecular complexity index is 1190. The van der Waals surface area contributed by atoms with Crippen LogP contribution in [0.4, 0.5) is 0 Å². The molecule has 0 amide bonds. The second kappa shape index (κ2) is 9.86. The van der Waals surface area contributed by atoms with E-state index in [1.54, 1.807) is 5.56 Å². The van der Waals surface area contributed by atoms with Crippen LogP contribution < -0.4 is 0 Å². The maximum Gasteiger partial charge on any atom is 0.310 e. The summed E-state index contributed by atoms with van der Waals surface area (Å²) in [6.07, 6.45) is 6.07. The maximum absolute atomic E-state index is 13.5. The minimum Gasteiger partial charge on any atom is -0.465 e. The van der Waals surface area contributed by atoms with E-state index in [-0.39, 0.29) is 23.3 Å². The molecule has 0 spiro atoms. The summed E-state index contributed by atoms with van der Waals surface area (Å²) < 4.78 is 5.94. The van der Waals surface area contributed by atoms with Crippen molar-refractivity contribution in [3.8, 4) is 0 Å². The van der Waals surface area contributed by atoms with Crippen molar-refractivity contribution in [2.45, 2.75) is 62.9 Å². The Morgan fingerprint density at radius 3 is 2.28 bits per heavy atom. The van der Waals surface area contributed by atoms with Crippen LogP contribution in [0.25, 0.3) is 0 Å². The van der Waals surface area contributed by atoms with Crippen molar-refractivity contribution in [2.24, 2.45) is 11.8 Å². The molecule has 36 heavy (non-hydrogen) atoms. The second-order valence-corrected chi connectivity index (χ2v) is 11.0. The second-order valence-electron chi connectivity index (χ2n) is 11.0. The first kappa shape index (κ1) is 23.5. The Kier molecular flexibility index (Phi) is 6.43. The maximum atomic E-state index is 13.5. The van der Waals surface area contributed by atoms with E-state index in [4.69, 9.17) is 4.74 Å². The summed E-state index contributed by atoms with van der Waals surface area (Å²) in [4.78, 5) is 16.2. The SMILES string of the molecule is CC[C@@]12CC3[C@@H](C(=O)OCCc4ccccc4)CC1C(Cc1ccccc12)N3CCc1ccccc1. The molecule has 3 aromatic rings. The van der Waals surface area contributed by atoms with Crippen molar-refractivity contribution in [1.29, 1.82) is 0 Å². The quantitative estimate of drug-likeness (QED) is 0.371. The molecular formula is C33H37NO2. The number of benzene rings is 3. The largest absolute Gasteiger partial charge is 0.465 e. The van der Waals surface area contributed by atoms with Crippen molar-refractivity contribution in [3.05, 3.63) is 107 Å². The normalized spacial score (nSPS) is 28.5. The standard InChI is InChI=1S/C33H37NO2/c1-2-33-23-31-27(32(35)36-20-18-25-13-7-4-8-14-25)22-29(33)30(21-26-15-9-10-16-28(26)33)34(31)19-17-24-11-5-3-6-12-24/h3-16,27,29-31H,2,17-23H2,1H3/t27-,29?,30?,31?,33-/m0/s1. The molecular weight excluding hydrogens is 442 g/mol. The van der Waals surface area contributed by atoms with Crippen LogP contribution in [0.15, 0.2) is 84.9 Å². The van der Waals surface area contributed by atoms with Gasteiger partial charge in [0.1, 0.15) is 0 Å². The highest BCUT2D eigenvalue weighted by molar-refractivity contribution is 5.74. The first-order chi connectivity index (χ1) is 17.7. The Morgan fingerprint density at radius 2 is 1.56 bits per heavy atom. The lowest BCUT2D eigenvalue weighted by molar-refractivity contribution is -0.167. The van der Waals surface area contributed by atoms with Crippen LogP contribution in [0.3, 0.4) is 0 Å². The molecule has 3 nitrogen and oxygen atoms in total. The zero-order valence-electron chi connectivity index (χ0n) is 21.3. The summed E-state index contributed by atoms with van der Waals surface area (Å²) >= 11 is 0. The van der Waals surface area contributed by atoms with Crippen molar-refractivity contribution in [3.63, 3.8) is 0 Å². The van der Waals surface area contributed by atoms with E-state index in [0.29, 0.717) is 18.6 Å². The number of nitrogens with zero attached hydrogens (tertiary/aromatic N) is 1. The molecule has 1 saturated carbocycles. The van der Waals surface area contributed by atoms with Gasteiger partial charge in [0.15, 0.2) is 0 Å². The van der Waals surface area contributed by atoms with Crippen LogP contribution in [0.5, 0.6) is 0 Å². The van der Waals surface area contributed by atoms with E-state index in [9.17, 15) is 4.79 Å². The van der Waals surface area contributed by atoms with Gasteiger partial charge in [0.05, 0.1) is 12.5 Å². The fourth-order valence-electron chi connectivity index (χ4n) is 7.76. The Labute approximate surface area is 215 Å². The number of fused-ring (bicyclic) bond motifs is 2. The third-order valence-electron chi connectivity index (χ3n) is 9.47. The van der Waals surface area contributed by atoms with Crippen LogP contribution in [0.1, 0.15) is 48.4 Å². The van der Waals surface area contributed by atoms with E-state index in [2.05, 4.69) is 78.6 Å². The van der Waals surface area contributed by atoms with Crippen molar-refractivity contribution in [2.75, 3.05) is 13.2 Å². The lowest BCUT2D eigenvalue weighted by atomic mass is 9.48. The average molecular weight is 480 g/mol. The molecule has 3 aromatic carbocycles. The molecule has 4 bridgehead atoms. The minimum atomic E-state index is -0.0252. The summed E-state index contributed by atoms with van der Waals surface area (Å²) in [6.45, 7) is 3.83. The zero-order chi connectivity index (χ0) is 24.5. The first-order valence-electron chi connectivity index (χ1n) is 13.8. The topological polar surface area (TPSA) is 29.5 Å².